The third kappa shape index (κ3) is 1.96. The second-order valence-corrected chi connectivity index (χ2v) is 4.26. The molecular formula is C12H14ClN3. The van der Waals surface area contributed by atoms with Gasteiger partial charge in [-0.15, -0.1) is 0 Å². The zero-order valence-corrected chi connectivity index (χ0v) is 10.1. The van der Waals surface area contributed by atoms with E-state index in [1.165, 1.54) is 0 Å². The maximum atomic E-state index is 5.99. The lowest BCUT2D eigenvalue weighted by Gasteiger charge is -2.08. The molecule has 1 aromatic heterocycles. The largest absolute Gasteiger partial charge is 0.325 e. The molecule has 0 radical (unpaired) electrons. The van der Waals surface area contributed by atoms with Crippen LogP contribution in [-0.2, 0) is 6.54 Å². The van der Waals surface area contributed by atoms with E-state index in [0.717, 1.165) is 22.6 Å². The Morgan fingerprint density at radius 2 is 2.06 bits per heavy atom. The van der Waals surface area contributed by atoms with Crippen molar-refractivity contribution < 1.29 is 0 Å². The molecule has 0 aliphatic rings. The standard InChI is InChI=1S/C12H14ClN3/c1-8-3-4-10(13)6-12(8)16-9(2)5-11(7-14)15-16/h3-6H,7,14H2,1-2H3. The zero-order valence-electron chi connectivity index (χ0n) is 9.37. The van der Waals surface area contributed by atoms with Gasteiger partial charge < -0.3 is 5.73 Å². The molecule has 0 spiro atoms. The average Bonchev–Trinajstić information content (AvgIpc) is 2.63. The normalized spacial score (nSPS) is 10.8. The summed E-state index contributed by atoms with van der Waals surface area (Å²) < 4.78 is 1.88. The first-order valence-electron chi connectivity index (χ1n) is 5.14. The zero-order chi connectivity index (χ0) is 11.7. The van der Waals surface area contributed by atoms with Gasteiger partial charge in [-0.3, -0.25) is 0 Å². The van der Waals surface area contributed by atoms with E-state index in [1.54, 1.807) is 0 Å². The fraction of sp³-hybridized carbons (Fsp3) is 0.250. The first-order chi connectivity index (χ1) is 7.61. The van der Waals surface area contributed by atoms with Crippen LogP contribution in [0, 0.1) is 13.8 Å². The van der Waals surface area contributed by atoms with Crippen LogP contribution in [0.15, 0.2) is 24.3 Å². The van der Waals surface area contributed by atoms with E-state index in [0.29, 0.717) is 11.6 Å². The first-order valence-corrected chi connectivity index (χ1v) is 5.51. The van der Waals surface area contributed by atoms with Gasteiger partial charge >= 0.3 is 0 Å². The maximum Gasteiger partial charge on any atom is 0.0767 e. The quantitative estimate of drug-likeness (QED) is 0.870. The topological polar surface area (TPSA) is 43.8 Å². The second kappa shape index (κ2) is 4.28. The van der Waals surface area contributed by atoms with Crippen molar-refractivity contribution >= 4 is 11.6 Å². The maximum absolute atomic E-state index is 5.99. The minimum absolute atomic E-state index is 0.452. The molecule has 2 rings (SSSR count). The summed E-state index contributed by atoms with van der Waals surface area (Å²) >= 11 is 5.99. The number of hydrogen-bond acceptors (Lipinski definition) is 2. The SMILES string of the molecule is Cc1ccc(Cl)cc1-n1nc(CN)cc1C. The Morgan fingerprint density at radius 3 is 2.69 bits per heavy atom. The van der Waals surface area contributed by atoms with Crippen LogP contribution in [0.3, 0.4) is 0 Å². The van der Waals surface area contributed by atoms with Gasteiger partial charge in [-0.2, -0.15) is 5.10 Å². The van der Waals surface area contributed by atoms with Crippen LogP contribution in [0.4, 0.5) is 0 Å². The first kappa shape index (κ1) is 11.2. The van der Waals surface area contributed by atoms with Crippen LogP contribution in [0.1, 0.15) is 17.0 Å². The molecule has 0 saturated carbocycles. The van der Waals surface area contributed by atoms with Crippen LogP contribution < -0.4 is 5.73 Å². The molecular weight excluding hydrogens is 222 g/mol. The van der Waals surface area contributed by atoms with Crippen molar-refractivity contribution in [3.05, 3.63) is 46.2 Å². The molecule has 84 valence electrons. The minimum Gasteiger partial charge on any atom is -0.325 e. The molecule has 0 aliphatic carbocycles. The monoisotopic (exact) mass is 235 g/mol. The van der Waals surface area contributed by atoms with Gasteiger partial charge in [-0.1, -0.05) is 17.7 Å². The van der Waals surface area contributed by atoms with Gasteiger partial charge in [-0.05, 0) is 37.6 Å². The van der Waals surface area contributed by atoms with Gasteiger partial charge in [0.15, 0.2) is 0 Å². The highest BCUT2D eigenvalue weighted by atomic mass is 35.5. The molecule has 1 aromatic carbocycles. The average molecular weight is 236 g/mol. The van der Waals surface area contributed by atoms with E-state index in [2.05, 4.69) is 5.10 Å². The molecule has 4 heteroatoms. The summed E-state index contributed by atoms with van der Waals surface area (Å²) in [7, 11) is 0. The Labute approximate surface area is 99.8 Å². The molecule has 0 amide bonds. The summed E-state index contributed by atoms with van der Waals surface area (Å²) in [6.07, 6.45) is 0. The fourth-order valence-electron chi connectivity index (χ4n) is 1.69. The van der Waals surface area contributed by atoms with Gasteiger partial charge in [0.2, 0.25) is 0 Å². The van der Waals surface area contributed by atoms with Crippen molar-refractivity contribution in [1.29, 1.82) is 0 Å². The van der Waals surface area contributed by atoms with Crippen LogP contribution >= 0.6 is 11.6 Å². The van der Waals surface area contributed by atoms with E-state index in [9.17, 15) is 0 Å². The summed E-state index contributed by atoms with van der Waals surface area (Å²) in [5.74, 6) is 0. The Bertz CT molecular complexity index is 517. The van der Waals surface area contributed by atoms with E-state index >= 15 is 0 Å². The lowest BCUT2D eigenvalue weighted by Crippen LogP contribution is -2.03. The number of aromatic nitrogens is 2. The lowest BCUT2D eigenvalue weighted by atomic mass is 10.2. The lowest BCUT2D eigenvalue weighted by molar-refractivity contribution is 0.807. The van der Waals surface area contributed by atoms with Gasteiger partial charge in [0.25, 0.3) is 0 Å². The van der Waals surface area contributed by atoms with Gasteiger partial charge in [0.1, 0.15) is 0 Å². The molecule has 0 bridgehead atoms. The molecule has 2 aromatic rings. The highest BCUT2D eigenvalue weighted by molar-refractivity contribution is 6.30. The van der Waals surface area contributed by atoms with E-state index < -0.39 is 0 Å². The van der Waals surface area contributed by atoms with Crippen LogP contribution in [0.25, 0.3) is 5.69 Å². The predicted octanol–water partition coefficient (Wildman–Crippen LogP) is 2.60. The van der Waals surface area contributed by atoms with Crippen molar-refractivity contribution in [2.45, 2.75) is 20.4 Å². The highest BCUT2D eigenvalue weighted by Crippen LogP contribution is 2.20. The Kier molecular flexibility index (Phi) is 2.99. The van der Waals surface area contributed by atoms with Crippen molar-refractivity contribution in [2.24, 2.45) is 5.73 Å². The number of halogens is 1. The van der Waals surface area contributed by atoms with Crippen LogP contribution in [0.2, 0.25) is 5.02 Å². The highest BCUT2D eigenvalue weighted by Gasteiger charge is 2.08. The molecule has 0 unspecified atom stereocenters. The van der Waals surface area contributed by atoms with E-state index in [1.807, 2.05) is 42.8 Å². The number of hydrogen-bond donors (Lipinski definition) is 1. The second-order valence-electron chi connectivity index (χ2n) is 3.82. The molecule has 0 fully saturated rings. The van der Waals surface area contributed by atoms with E-state index in [-0.39, 0.29) is 0 Å². The Balaban J connectivity index is 2.57. The number of nitrogens with two attached hydrogens (primary N) is 1. The molecule has 2 N–H and O–H groups in total. The van der Waals surface area contributed by atoms with Gasteiger partial charge in [-0.25, -0.2) is 4.68 Å². The molecule has 0 saturated heterocycles. The smallest absolute Gasteiger partial charge is 0.0767 e. The van der Waals surface area contributed by atoms with Crippen molar-refractivity contribution in [2.75, 3.05) is 0 Å². The molecule has 1 heterocycles. The third-order valence-electron chi connectivity index (χ3n) is 2.55. The summed E-state index contributed by atoms with van der Waals surface area (Å²) in [6.45, 7) is 4.49. The Hall–Kier alpha value is -1.32. The molecule has 0 atom stereocenters. The van der Waals surface area contributed by atoms with E-state index in [4.69, 9.17) is 17.3 Å². The molecule has 0 aliphatic heterocycles. The number of benzene rings is 1. The van der Waals surface area contributed by atoms with Gasteiger partial charge in [0.05, 0.1) is 11.4 Å². The Morgan fingerprint density at radius 1 is 1.31 bits per heavy atom. The summed E-state index contributed by atoms with van der Waals surface area (Å²) in [5, 5.41) is 5.15. The van der Waals surface area contributed by atoms with Crippen LogP contribution in [0.5, 0.6) is 0 Å². The minimum atomic E-state index is 0.452. The summed E-state index contributed by atoms with van der Waals surface area (Å²) in [4.78, 5) is 0. The number of aryl methyl sites for hydroxylation is 2. The van der Waals surface area contributed by atoms with Crippen LogP contribution in [-0.4, -0.2) is 9.78 Å². The summed E-state index contributed by atoms with van der Waals surface area (Å²) in [6, 6.07) is 7.77. The number of nitrogens with zero attached hydrogens (tertiary/aromatic N) is 2. The van der Waals surface area contributed by atoms with Crippen molar-refractivity contribution in [3.8, 4) is 5.69 Å². The fourth-order valence-corrected chi connectivity index (χ4v) is 1.86. The predicted molar refractivity (Wildman–Crippen MR) is 65.9 cm³/mol. The van der Waals surface area contributed by atoms with Crippen molar-refractivity contribution in [1.82, 2.24) is 9.78 Å². The van der Waals surface area contributed by atoms with Crippen molar-refractivity contribution in [3.63, 3.8) is 0 Å². The third-order valence-corrected chi connectivity index (χ3v) is 2.78. The number of rotatable bonds is 2. The molecule has 16 heavy (non-hydrogen) atoms. The summed E-state index contributed by atoms with van der Waals surface area (Å²) in [5.41, 5.74) is 9.67. The van der Waals surface area contributed by atoms with Gasteiger partial charge in [0, 0.05) is 17.3 Å². The molecule has 3 nitrogen and oxygen atoms in total.